The van der Waals surface area contributed by atoms with Crippen LogP contribution in [-0.4, -0.2) is 15.8 Å². The third-order valence-electron chi connectivity index (χ3n) is 2.09. The first kappa shape index (κ1) is 12.1. The summed E-state index contributed by atoms with van der Waals surface area (Å²) in [7, 11) is 0. The van der Waals surface area contributed by atoms with Crippen LogP contribution in [0.2, 0.25) is 5.02 Å². The number of halogens is 1. The highest BCUT2D eigenvalue weighted by Gasteiger charge is 2.07. The van der Waals surface area contributed by atoms with Gasteiger partial charge in [0.15, 0.2) is 5.78 Å². The molecule has 17 heavy (non-hydrogen) atoms. The summed E-state index contributed by atoms with van der Waals surface area (Å²) in [5, 5.41) is 1.32. The standard InChI is InChI=1S/C12H9ClN2OS/c1-8(16)9-2-3-11(10(13)6-9)17-12-7-14-4-5-15-12/h2-7H,1H3. The lowest BCUT2D eigenvalue weighted by molar-refractivity contribution is 0.101. The van der Waals surface area contributed by atoms with Crippen molar-refractivity contribution in [3.8, 4) is 0 Å². The van der Waals surface area contributed by atoms with Crippen LogP contribution in [0.3, 0.4) is 0 Å². The maximum absolute atomic E-state index is 11.2. The third-order valence-corrected chi connectivity index (χ3v) is 3.51. The average Bonchev–Trinajstić information content (AvgIpc) is 2.33. The van der Waals surface area contributed by atoms with E-state index < -0.39 is 0 Å². The highest BCUT2D eigenvalue weighted by molar-refractivity contribution is 7.99. The second-order valence-corrected chi connectivity index (χ2v) is 4.82. The number of hydrogen-bond acceptors (Lipinski definition) is 4. The monoisotopic (exact) mass is 264 g/mol. The number of rotatable bonds is 3. The predicted octanol–water partition coefficient (Wildman–Crippen LogP) is 3.48. The SMILES string of the molecule is CC(=O)c1ccc(Sc2cnccn2)c(Cl)c1. The van der Waals surface area contributed by atoms with E-state index in [-0.39, 0.29) is 5.78 Å². The number of carbonyl (C=O) groups excluding carboxylic acids is 1. The normalized spacial score (nSPS) is 10.2. The Hall–Kier alpha value is -1.39. The summed E-state index contributed by atoms with van der Waals surface area (Å²) in [4.78, 5) is 20.2. The second-order valence-electron chi connectivity index (χ2n) is 3.35. The molecule has 0 saturated carbocycles. The van der Waals surface area contributed by atoms with E-state index >= 15 is 0 Å². The summed E-state index contributed by atoms with van der Waals surface area (Å²) < 4.78 is 0. The number of aromatic nitrogens is 2. The van der Waals surface area contributed by atoms with Crippen molar-refractivity contribution in [2.45, 2.75) is 16.8 Å². The molecule has 0 unspecified atom stereocenters. The van der Waals surface area contributed by atoms with Gasteiger partial charge in [0.1, 0.15) is 5.03 Å². The number of carbonyl (C=O) groups is 1. The summed E-state index contributed by atoms with van der Waals surface area (Å²) in [6, 6.07) is 5.24. The molecule has 0 fully saturated rings. The van der Waals surface area contributed by atoms with Crippen molar-refractivity contribution >= 4 is 29.1 Å². The van der Waals surface area contributed by atoms with E-state index in [9.17, 15) is 4.79 Å². The fourth-order valence-corrected chi connectivity index (χ4v) is 2.29. The lowest BCUT2D eigenvalue weighted by Crippen LogP contribution is -1.91. The van der Waals surface area contributed by atoms with Crippen LogP contribution in [0.4, 0.5) is 0 Å². The zero-order valence-electron chi connectivity index (χ0n) is 9.05. The Bertz CT molecular complexity index is 545. The molecule has 0 spiro atoms. The molecule has 5 heteroatoms. The number of benzene rings is 1. The van der Waals surface area contributed by atoms with E-state index in [0.29, 0.717) is 10.6 Å². The lowest BCUT2D eigenvalue weighted by atomic mass is 10.1. The van der Waals surface area contributed by atoms with Gasteiger partial charge in [-0.15, -0.1) is 0 Å². The first-order valence-electron chi connectivity index (χ1n) is 4.91. The van der Waals surface area contributed by atoms with Crippen molar-refractivity contribution in [3.05, 3.63) is 47.4 Å². The first-order valence-corrected chi connectivity index (χ1v) is 6.10. The van der Waals surface area contributed by atoms with Gasteiger partial charge >= 0.3 is 0 Å². The van der Waals surface area contributed by atoms with Gasteiger partial charge in [0.25, 0.3) is 0 Å². The predicted molar refractivity (Wildman–Crippen MR) is 67.6 cm³/mol. The van der Waals surface area contributed by atoms with Gasteiger partial charge in [0.05, 0.1) is 11.2 Å². The van der Waals surface area contributed by atoms with Crippen molar-refractivity contribution < 1.29 is 4.79 Å². The fourth-order valence-electron chi connectivity index (χ4n) is 1.25. The molecule has 86 valence electrons. The summed E-state index contributed by atoms with van der Waals surface area (Å²) in [6.07, 6.45) is 4.91. The molecule has 0 bridgehead atoms. The van der Waals surface area contributed by atoms with Gasteiger partial charge in [-0.3, -0.25) is 9.78 Å². The van der Waals surface area contributed by atoms with Crippen LogP contribution >= 0.6 is 23.4 Å². The molecule has 0 amide bonds. The summed E-state index contributed by atoms with van der Waals surface area (Å²) in [5.41, 5.74) is 0.610. The van der Waals surface area contributed by atoms with Crippen LogP contribution in [0.1, 0.15) is 17.3 Å². The van der Waals surface area contributed by atoms with Crippen LogP contribution in [0.15, 0.2) is 46.7 Å². The van der Waals surface area contributed by atoms with Crippen LogP contribution < -0.4 is 0 Å². The van der Waals surface area contributed by atoms with Gasteiger partial charge in [-0.25, -0.2) is 4.98 Å². The Morgan fingerprint density at radius 1 is 1.35 bits per heavy atom. The molecular formula is C12H9ClN2OS. The number of ketones is 1. The number of hydrogen-bond donors (Lipinski definition) is 0. The fraction of sp³-hybridized carbons (Fsp3) is 0.0833. The van der Waals surface area contributed by atoms with Crippen molar-refractivity contribution in [2.24, 2.45) is 0 Å². The summed E-state index contributed by atoms with van der Waals surface area (Å²) in [5.74, 6) is 0.00273. The Morgan fingerprint density at radius 3 is 2.76 bits per heavy atom. The van der Waals surface area contributed by atoms with E-state index in [2.05, 4.69) is 9.97 Å². The molecule has 0 aliphatic heterocycles. The van der Waals surface area contributed by atoms with E-state index in [1.165, 1.54) is 18.7 Å². The molecule has 2 rings (SSSR count). The minimum atomic E-state index is 0.00273. The molecule has 1 heterocycles. The van der Waals surface area contributed by atoms with Gasteiger partial charge in [-0.2, -0.15) is 0 Å². The van der Waals surface area contributed by atoms with Crippen LogP contribution in [0.25, 0.3) is 0 Å². The number of nitrogens with zero attached hydrogens (tertiary/aromatic N) is 2. The largest absolute Gasteiger partial charge is 0.295 e. The van der Waals surface area contributed by atoms with Gasteiger partial charge in [-0.1, -0.05) is 29.4 Å². The molecule has 1 aromatic heterocycles. The van der Waals surface area contributed by atoms with Crippen LogP contribution in [-0.2, 0) is 0 Å². The van der Waals surface area contributed by atoms with Gasteiger partial charge < -0.3 is 0 Å². The molecule has 0 aliphatic rings. The Balaban J connectivity index is 2.26. The Morgan fingerprint density at radius 2 is 2.18 bits per heavy atom. The minimum Gasteiger partial charge on any atom is -0.295 e. The zero-order valence-corrected chi connectivity index (χ0v) is 10.6. The van der Waals surface area contributed by atoms with Crippen molar-refractivity contribution in [1.82, 2.24) is 9.97 Å². The molecule has 0 radical (unpaired) electrons. The molecule has 0 atom stereocenters. The van der Waals surface area contributed by atoms with Crippen molar-refractivity contribution in [2.75, 3.05) is 0 Å². The molecule has 0 N–H and O–H groups in total. The minimum absolute atomic E-state index is 0.00273. The molecule has 1 aromatic carbocycles. The zero-order chi connectivity index (χ0) is 12.3. The second kappa shape index (κ2) is 5.29. The quantitative estimate of drug-likeness (QED) is 0.796. The maximum Gasteiger partial charge on any atom is 0.159 e. The topological polar surface area (TPSA) is 42.9 Å². The van der Waals surface area contributed by atoms with Crippen molar-refractivity contribution in [3.63, 3.8) is 0 Å². The maximum atomic E-state index is 11.2. The van der Waals surface area contributed by atoms with Gasteiger partial charge in [0, 0.05) is 22.9 Å². The summed E-state index contributed by atoms with van der Waals surface area (Å²) >= 11 is 7.52. The molecule has 0 aliphatic carbocycles. The highest BCUT2D eigenvalue weighted by Crippen LogP contribution is 2.32. The molecule has 2 aromatic rings. The molecule has 0 saturated heterocycles. The first-order chi connectivity index (χ1) is 8.16. The number of Topliss-reactive ketones (excluding diaryl/α,β-unsaturated/α-hetero) is 1. The van der Waals surface area contributed by atoms with Gasteiger partial charge in [-0.05, 0) is 19.1 Å². The third kappa shape index (κ3) is 3.05. The van der Waals surface area contributed by atoms with Gasteiger partial charge in [0.2, 0.25) is 0 Å². The highest BCUT2D eigenvalue weighted by atomic mass is 35.5. The van der Waals surface area contributed by atoms with Crippen LogP contribution in [0.5, 0.6) is 0 Å². The van der Waals surface area contributed by atoms with Crippen molar-refractivity contribution in [1.29, 1.82) is 0 Å². The smallest absolute Gasteiger partial charge is 0.159 e. The summed E-state index contributed by atoms with van der Waals surface area (Å²) in [6.45, 7) is 1.52. The Kier molecular flexibility index (Phi) is 3.76. The van der Waals surface area contributed by atoms with Crippen LogP contribution in [0, 0.1) is 0 Å². The van der Waals surface area contributed by atoms with E-state index in [4.69, 9.17) is 11.6 Å². The average molecular weight is 265 g/mol. The Labute approximate surface area is 108 Å². The molecule has 3 nitrogen and oxygen atoms in total. The van der Waals surface area contributed by atoms with E-state index in [1.807, 2.05) is 6.07 Å². The van der Waals surface area contributed by atoms with E-state index in [1.54, 1.807) is 30.7 Å². The lowest BCUT2D eigenvalue weighted by Gasteiger charge is -2.04. The van der Waals surface area contributed by atoms with E-state index in [0.717, 1.165) is 9.92 Å². The molecular weight excluding hydrogens is 256 g/mol.